The van der Waals surface area contributed by atoms with Gasteiger partial charge in [0, 0.05) is 12.6 Å². The van der Waals surface area contributed by atoms with Crippen LogP contribution in [-0.2, 0) is 22.3 Å². The molecular weight excluding hydrogens is 539 g/mol. The maximum Gasteiger partial charge on any atom is 0.416 e. The average molecular weight is 562 g/mol. The van der Waals surface area contributed by atoms with Crippen LogP contribution >= 0.6 is 11.6 Å². The zero-order chi connectivity index (χ0) is 28.5. The second-order valence-electron chi connectivity index (χ2n) is 8.59. The summed E-state index contributed by atoms with van der Waals surface area (Å²) in [7, 11) is 4.20. The van der Waals surface area contributed by atoms with E-state index >= 15 is 0 Å². The van der Waals surface area contributed by atoms with Gasteiger partial charge in [0.1, 0.15) is 23.0 Å². The molecule has 1 fully saturated rings. The summed E-state index contributed by atoms with van der Waals surface area (Å²) in [5.41, 5.74) is -0.580. The summed E-state index contributed by atoms with van der Waals surface area (Å²) in [5, 5.41) is 11.5. The van der Waals surface area contributed by atoms with E-state index in [1.165, 1.54) is 45.6 Å². The minimum Gasteiger partial charge on any atom is -0.507 e. The quantitative estimate of drug-likeness (QED) is 0.216. The Morgan fingerprint density at radius 1 is 0.949 bits per heavy atom. The molecule has 0 radical (unpaired) electrons. The van der Waals surface area contributed by atoms with Gasteiger partial charge in [-0.15, -0.1) is 0 Å². The fourth-order valence-corrected chi connectivity index (χ4v) is 4.65. The van der Waals surface area contributed by atoms with Crippen LogP contribution in [0.4, 0.5) is 13.2 Å². The summed E-state index contributed by atoms with van der Waals surface area (Å²) >= 11 is 6.27. The Kier molecular flexibility index (Phi) is 7.78. The number of benzene rings is 3. The summed E-state index contributed by atoms with van der Waals surface area (Å²) in [6.07, 6.45) is -4.59. The van der Waals surface area contributed by atoms with Crippen molar-refractivity contribution in [1.82, 2.24) is 4.90 Å². The Balaban J connectivity index is 1.89. The molecule has 204 valence electrons. The van der Waals surface area contributed by atoms with Crippen molar-refractivity contribution in [2.45, 2.75) is 18.8 Å². The van der Waals surface area contributed by atoms with Crippen LogP contribution in [0.25, 0.3) is 5.76 Å². The number of likely N-dealkylation sites (tertiary alicyclic amines) is 1. The zero-order valence-corrected chi connectivity index (χ0v) is 21.8. The zero-order valence-electron chi connectivity index (χ0n) is 21.0. The summed E-state index contributed by atoms with van der Waals surface area (Å²) < 4.78 is 55.7. The molecule has 11 heteroatoms. The molecule has 1 saturated heterocycles. The number of carbonyl (C=O) groups excluding carboxylic acids is 2. The molecule has 7 nitrogen and oxygen atoms in total. The topological polar surface area (TPSA) is 85.3 Å². The molecule has 1 amide bonds. The lowest BCUT2D eigenvalue weighted by molar-refractivity contribution is -0.140. The van der Waals surface area contributed by atoms with E-state index in [1.807, 2.05) is 0 Å². The van der Waals surface area contributed by atoms with Crippen LogP contribution in [0.1, 0.15) is 28.3 Å². The predicted molar refractivity (Wildman–Crippen MR) is 137 cm³/mol. The van der Waals surface area contributed by atoms with E-state index in [0.717, 1.165) is 17.0 Å². The first-order chi connectivity index (χ1) is 18.5. The third-order valence-electron chi connectivity index (χ3n) is 6.31. The SMILES string of the molecule is COc1ccc(C2/C(=C(\O)c3cc(Cl)c(OC)cc3OC)C(=O)C(=O)N2Cc2cccc(C(F)(F)F)c2)cc1. The largest absolute Gasteiger partial charge is 0.507 e. The molecule has 0 aromatic heterocycles. The van der Waals surface area contributed by atoms with E-state index in [1.54, 1.807) is 24.3 Å². The van der Waals surface area contributed by atoms with Crippen molar-refractivity contribution < 1.29 is 42.1 Å². The molecule has 4 rings (SSSR count). The molecule has 3 aromatic rings. The first-order valence-electron chi connectivity index (χ1n) is 11.5. The molecule has 1 heterocycles. The van der Waals surface area contributed by atoms with Gasteiger partial charge >= 0.3 is 6.18 Å². The molecule has 0 saturated carbocycles. The molecule has 3 aromatic carbocycles. The van der Waals surface area contributed by atoms with Crippen molar-refractivity contribution in [3.63, 3.8) is 0 Å². The van der Waals surface area contributed by atoms with Crippen LogP contribution in [0.3, 0.4) is 0 Å². The number of hydrogen-bond acceptors (Lipinski definition) is 6. The number of methoxy groups -OCH3 is 3. The number of nitrogens with zero attached hydrogens (tertiary/aromatic N) is 1. The van der Waals surface area contributed by atoms with Crippen LogP contribution in [0, 0.1) is 0 Å². The second-order valence-corrected chi connectivity index (χ2v) is 8.99. The number of aliphatic hydroxyl groups is 1. The number of halogens is 4. The Labute approximate surface area is 227 Å². The van der Waals surface area contributed by atoms with Crippen molar-refractivity contribution in [2.24, 2.45) is 0 Å². The van der Waals surface area contributed by atoms with Crippen LogP contribution in [0.5, 0.6) is 17.2 Å². The molecule has 1 aliphatic heterocycles. The van der Waals surface area contributed by atoms with E-state index in [9.17, 15) is 27.9 Å². The number of ether oxygens (including phenoxy) is 3. The van der Waals surface area contributed by atoms with Crippen molar-refractivity contribution in [1.29, 1.82) is 0 Å². The smallest absolute Gasteiger partial charge is 0.416 e. The number of hydrogen-bond donors (Lipinski definition) is 1. The first-order valence-corrected chi connectivity index (χ1v) is 11.9. The van der Waals surface area contributed by atoms with Gasteiger partial charge in [0.2, 0.25) is 0 Å². The summed E-state index contributed by atoms with van der Waals surface area (Å²) in [5.74, 6) is -1.71. The fraction of sp³-hybridized carbons (Fsp3) is 0.214. The lowest BCUT2D eigenvalue weighted by atomic mass is 9.94. The van der Waals surface area contributed by atoms with Gasteiger partial charge < -0.3 is 24.2 Å². The maximum absolute atomic E-state index is 13.3. The fourth-order valence-electron chi connectivity index (χ4n) is 4.41. The number of rotatable bonds is 7. The van der Waals surface area contributed by atoms with Gasteiger partial charge in [-0.05, 0) is 41.5 Å². The number of carbonyl (C=O) groups is 2. The Hall–Kier alpha value is -4.18. The number of ketones is 1. The van der Waals surface area contributed by atoms with Gasteiger partial charge in [0.15, 0.2) is 0 Å². The highest BCUT2D eigenvalue weighted by Gasteiger charge is 2.46. The molecular formula is C28H23ClF3NO6. The molecule has 1 atom stereocenters. The standard InChI is InChI=1S/C28H23ClF3NO6/c1-37-18-9-7-16(8-10-18)24-23(25(34)19-12-20(29)22(39-3)13-21(19)38-2)26(35)27(36)33(24)14-15-5-4-6-17(11-15)28(30,31)32/h4-13,24,34H,14H2,1-3H3/b25-23+. The summed E-state index contributed by atoms with van der Waals surface area (Å²) in [6, 6.07) is 12.5. The van der Waals surface area contributed by atoms with Gasteiger partial charge in [-0.2, -0.15) is 13.2 Å². The van der Waals surface area contributed by atoms with Gasteiger partial charge in [0.25, 0.3) is 11.7 Å². The average Bonchev–Trinajstić information content (AvgIpc) is 3.17. The second kappa shape index (κ2) is 10.9. The third-order valence-corrected chi connectivity index (χ3v) is 6.60. The van der Waals surface area contributed by atoms with E-state index in [0.29, 0.717) is 11.3 Å². The lowest BCUT2D eigenvalue weighted by Gasteiger charge is -2.26. The van der Waals surface area contributed by atoms with Crippen LogP contribution in [-0.4, -0.2) is 43.0 Å². The van der Waals surface area contributed by atoms with Crippen molar-refractivity contribution in [3.05, 3.63) is 93.5 Å². The number of alkyl halides is 3. The molecule has 1 unspecified atom stereocenters. The first kappa shape index (κ1) is 27.8. The van der Waals surface area contributed by atoms with Crippen molar-refractivity contribution >= 4 is 29.1 Å². The van der Waals surface area contributed by atoms with Crippen molar-refractivity contribution in [2.75, 3.05) is 21.3 Å². The van der Waals surface area contributed by atoms with E-state index < -0.39 is 35.2 Å². The minimum atomic E-state index is -4.59. The Morgan fingerprint density at radius 2 is 1.62 bits per heavy atom. The van der Waals surface area contributed by atoms with E-state index in [-0.39, 0.29) is 39.8 Å². The number of Topliss-reactive ketones (excluding diaryl/α,β-unsaturated/α-hetero) is 1. The highest BCUT2D eigenvalue weighted by molar-refractivity contribution is 6.46. The minimum absolute atomic E-state index is 0.0267. The van der Waals surface area contributed by atoms with Crippen LogP contribution in [0.2, 0.25) is 5.02 Å². The Morgan fingerprint density at radius 3 is 2.21 bits per heavy atom. The van der Waals surface area contributed by atoms with Gasteiger partial charge in [-0.1, -0.05) is 35.9 Å². The van der Waals surface area contributed by atoms with Gasteiger partial charge in [-0.3, -0.25) is 9.59 Å². The third kappa shape index (κ3) is 5.37. The maximum atomic E-state index is 13.3. The lowest BCUT2D eigenvalue weighted by Crippen LogP contribution is -2.29. The van der Waals surface area contributed by atoms with Crippen molar-refractivity contribution in [3.8, 4) is 17.2 Å². The molecule has 0 spiro atoms. The van der Waals surface area contributed by atoms with Gasteiger partial charge in [0.05, 0.1) is 49.1 Å². The van der Waals surface area contributed by atoms with Crippen LogP contribution < -0.4 is 14.2 Å². The number of amides is 1. The van der Waals surface area contributed by atoms with E-state index in [2.05, 4.69) is 0 Å². The molecule has 0 aliphatic carbocycles. The molecule has 1 N–H and O–H groups in total. The highest BCUT2D eigenvalue weighted by Crippen LogP contribution is 2.44. The predicted octanol–water partition coefficient (Wildman–Crippen LogP) is 6.01. The summed E-state index contributed by atoms with van der Waals surface area (Å²) in [6.45, 7) is -0.331. The monoisotopic (exact) mass is 561 g/mol. The number of aliphatic hydroxyl groups excluding tert-OH is 1. The Bertz CT molecular complexity index is 1450. The normalized spacial score (nSPS) is 16.9. The summed E-state index contributed by atoms with van der Waals surface area (Å²) in [4.78, 5) is 27.7. The molecule has 1 aliphatic rings. The molecule has 0 bridgehead atoms. The van der Waals surface area contributed by atoms with Gasteiger partial charge in [-0.25, -0.2) is 0 Å². The van der Waals surface area contributed by atoms with Crippen LogP contribution in [0.15, 0.2) is 66.2 Å². The van der Waals surface area contributed by atoms with E-state index in [4.69, 9.17) is 25.8 Å². The molecule has 39 heavy (non-hydrogen) atoms. The highest BCUT2D eigenvalue weighted by atomic mass is 35.5.